The van der Waals surface area contributed by atoms with Crippen LogP contribution in [0.25, 0.3) is 0 Å². The van der Waals surface area contributed by atoms with Crippen molar-refractivity contribution in [3.05, 3.63) is 0 Å². The van der Waals surface area contributed by atoms with E-state index in [1.165, 1.54) is 35.5 Å². The van der Waals surface area contributed by atoms with Gasteiger partial charge in [0.25, 0.3) is 10.2 Å². The third-order valence-electron chi connectivity index (χ3n) is 4.65. The number of nitrogens with zero attached hydrogens (tertiary/aromatic N) is 2. The van der Waals surface area contributed by atoms with E-state index in [2.05, 4.69) is 19.2 Å². The molecule has 1 fully saturated rings. The summed E-state index contributed by atoms with van der Waals surface area (Å²) in [4.78, 5) is 12.4. The molecule has 1 amide bonds. The van der Waals surface area contributed by atoms with Crippen LogP contribution in [0.2, 0.25) is 0 Å². The van der Waals surface area contributed by atoms with E-state index in [0.29, 0.717) is 19.0 Å². The molecule has 0 aromatic rings. The van der Waals surface area contributed by atoms with Crippen molar-refractivity contribution in [2.75, 3.05) is 33.7 Å². The van der Waals surface area contributed by atoms with E-state index in [9.17, 15) is 13.2 Å². The van der Waals surface area contributed by atoms with Crippen LogP contribution in [0.4, 0.5) is 0 Å². The van der Waals surface area contributed by atoms with Crippen molar-refractivity contribution >= 4 is 16.1 Å². The standard InChI is InChI=1S/C16H33N3O3S/c1-5-7-9-14(6-2)12-17-16(20)15-10-8-11-19(13-15)23(21,22)18(3)4/h14-15H,5-13H2,1-4H3,(H,17,20)/t14-,15+/m0/s1. The fraction of sp³-hybridized carbons (Fsp3) is 0.938. The molecule has 0 bridgehead atoms. The van der Waals surface area contributed by atoms with Crippen LogP contribution < -0.4 is 5.32 Å². The number of carbonyl (C=O) groups excluding carboxylic acids is 1. The van der Waals surface area contributed by atoms with Gasteiger partial charge in [0.1, 0.15) is 0 Å². The largest absolute Gasteiger partial charge is 0.356 e. The molecular weight excluding hydrogens is 314 g/mol. The van der Waals surface area contributed by atoms with Crippen LogP contribution in [0, 0.1) is 11.8 Å². The van der Waals surface area contributed by atoms with Crippen LogP contribution in [0.3, 0.4) is 0 Å². The molecule has 7 heteroatoms. The van der Waals surface area contributed by atoms with Crippen LogP contribution in [-0.2, 0) is 15.0 Å². The number of amides is 1. The molecule has 1 heterocycles. The van der Waals surface area contributed by atoms with Crippen LogP contribution >= 0.6 is 0 Å². The lowest BCUT2D eigenvalue weighted by atomic mass is 9.96. The summed E-state index contributed by atoms with van der Waals surface area (Å²) in [6, 6.07) is 0. The first-order valence-corrected chi connectivity index (χ1v) is 10.2. The van der Waals surface area contributed by atoms with E-state index in [4.69, 9.17) is 0 Å². The molecule has 0 radical (unpaired) electrons. The highest BCUT2D eigenvalue weighted by atomic mass is 32.2. The van der Waals surface area contributed by atoms with Gasteiger partial charge in [0, 0.05) is 33.7 Å². The highest BCUT2D eigenvalue weighted by Gasteiger charge is 2.33. The van der Waals surface area contributed by atoms with Gasteiger partial charge in [-0.15, -0.1) is 0 Å². The molecule has 2 atom stereocenters. The predicted octanol–water partition coefficient (Wildman–Crippen LogP) is 1.84. The number of hydrogen-bond donors (Lipinski definition) is 1. The third-order valence-corrected chi connectivity index (χ3v) is 6.56. The Kier molecular flexibility index (Phi) is 8.50. The maximum absolute atomic E-state index is 12.4. The molecule has 0 saturated carbocycles. The lowest BCUT2D eigenvalue weighted by Gasteiger charge is -2.33. The molecule has 1 N–H and O–H groups in total. The van der Waals surface area contributed by atoms with E-state index >= 15 is 0 Å². The summed E-state index contributed by atoms with van der Waals surface area (Å²) < 4.78 is 27.0. The summed E-state index contributed by atoms with van der Waals surface area (Å²) in [6.07, 6.45) is 6.05. The third kappa shape index (κ3) is 6.04. The zero-order valence-corrected chi connectivity index (χ0v) is 15.9. The smallest absolute Gasteiger partial charge is 0.281 e. The summed E-state index contributed by atoms with van der Waals surface area (Å²) in [5.74, 6) is 0.282. The van der Waals surface area contributed by atoms with Crippen molar-refractivity contribution in [3.8, 4) is 0 Å². The molecule has 23 heavy (non-hydrogen) atoms. The monoisotopic (exact) mass is 347 g/mol. The minimum absolute atomic E-state index is 0.00129. The van der Waals surface area contributed by atoms with Crippen LogP contribution in [0.15, 0.2) is 0 Å². The quantitative estimate of drug-likeness (QED) is 0.692. The Labute approximate surface area is 141 Å². The Morgan fingerprint density at radius 2 is 2.04 bits per heavy atom. The van der Waals surface area contributed by atoms with Gasteiger partial charge in [-0.1, -0.05) is 33.1 Å². The van der Waals surface area contributed by atoms with Crippen LogP contribution in [-0.4, -0.2) is 56.7 Å². The molecule has 1 aliphatic heterocycles. The van der Waals surface area contributed by atoms with E-state index in [1.54, 1.807) is 0 Å². The van der Waals surface area contributed by atoms with Gasteiger partial charge >= 0.3 is 0 Å². The first kappa shape index (κ1) is 20.4. The molecule has 0 aromatic heterocycles. The number of carbonyl (C=O) groups is 1. The lowest BCUT2D eigenvalue weighted by Crippen LogP contribution is -2.49. The second-order valence-electron chi connectivity index (χ2n) is 6.65. The van der Waals surface area contributed by atoms with Crippen molar-refractivity contribution in [2.24, 2.45) is 11.8 Å². The van der Waals surface area contributed by atoms with Gasteiger partial charge in [-0.25, -0.2) is 0 Å². The second kappa shape index (κ2) is 9.59. The average molecular weight is 348 g/mol. The topological polar surface area (TPSA) is 69.7 Å². The van der Waals surface area contributed by atoms with Gasteiger partial charge in [0.2, 0.25) is 5.91 Å². The summed E-state index contributed by atoms with van der Waals surface area (Å²) in [5.41, 5.74) is 0. The predicted molar refractivity (Wildman–Crippen MR) is 93.2 cm³/mol. The fourth-order valence-corrected chi connectivity index (χ4v) is 4.12. The Morgan fingerprint density at radius 3 is 2.61 bits per heavy atom. The van der Waals surface area contributed by atoms with Gasteiger partial charge in [-0.3, -0.25) is 4.79 Å². The van der Waals surface area contributed by atoms with Crippen molar-refractivity contribution < 1.29 is 13.2 Å². The SMILES string of the molecule is CCCC[C@H](CC)CNC(=O)[C@@H]1CCCN(S(=O)(=O)N(C)C)C1. The molecular formula is C16H33N3O3S. The number of piperidine rings is 1. The van der Waals surface area contributed by atoms with Gasteiger partial charge in [-0.05, 0) is 25.2 Å². The van der Waals surface area contributed by atoms with Gasteiger partial charge in [-0.2, -0.15) is 17.0 Å². The maximum atomic E-state index is 12.4. The summed E-state index contributed by atoms with van der Waals surface area (Å²) >= 11 is 0. The average Bonchev–Trinajstić information content (AvgIpc) is 2.54. The zero-order chi connectivity index (χ0) is 17.5. The number of rotatable bonds is 9. The van der Waals surface area contributed by atoms with E-state index in [0.717, 1.165) is 25.7 Å². The van der Waals surface area contributed by atoms with Gasteiger partial charge < -0.3 is 5.32 Å². The van der Waals surface area contributed by atoms with Gasteiger partial charge in [0.15, 0.2) is 0 Å². The zero-order valence-electron chi connectivity index (χ0n) is 15.0. The molecule has 1 saturated heterocycles. The highest BCUT2D eigenvalue weighted by Crippen LogP contribution is 2.20. The number of nitrogens with one attached hydrogen (secondary N) is 1. The molecule has 0 aromatic carbocycles. The summed E-state index contributed by atoms with van der Waals surface area (Å²) in [6.45, 7) is 5.81. The Balaban J connectivity index is 2.53. The van der Waals surface area contributed by atoms with Crippen molar-refractivity contribution in [1.82, 2.24) is 13.9 Å². The Bertz CT molecular complexity index is 465. The minimum Gasteiger partial charge on any atom is -0.356 e. The number of hydrogen-bond acceptors (Lipinski definition) is 3. The van der Waals surface area contributed by atoms with E-state index in [-0.39, 0.29) is 18.4 Å². The molecule has 1 aliphatic rings. The highest BCUT2D eigenvalue weighted by molar-refractivity contribution is 7.86. The summed E-state index contributed by atoms with van der Waals surface area (Å²) in [5, 5.41) is 3.04. The normalized spacial score (nSPS) is 21.3. The van der Waals surface area contributed by atoms with E-state index < -0.39 is 10.2 Å². The van der Waals surface area contributed by atoms with Crippen molar-refractivity contribution in [1.29, 1.82) is 0 Å². The summed E-state index contributed by atoms with van der Waals surface area (Å²) in [7, 11) is -0.375. The first-order chi connectivity index (χ1) is 10.8. The van der Waals surface area contributed by atoms with Crippen molar-refractivity contribution in [2.45, 2.75) is 52.4 Å². The molecule has 0 spiro atoms. The Hall–Kier alpha value is -0.660. The molecule has 0 aliphatic carbocycles. The number of unbranched alkanes of at least 4 members (excludes halogenated alkanes) is 1. The molecule has 1 rings (SSSR count). The molecule has 136 valence electrons. The maximum Gasteiger partial charge on any atom is 0.281 e. The molecule has 0 unspecified atom stereocenters. The van der Waals surface area contributed by atoms with Crippen LogP contribution in [0.5, 0.6) is 0 Å². The van der Waals surface area contributed by atoms with E-state index in [1.807, 2.05) is 0 Å². The van der Waals surface area contributed by atoms with Crippen molar-refractivity contribution in [3.63, 3.8) is 0 Å². The fourth-order valence-electron chi connectivity index (χ4n) is 2.93. The first-order valence-electron chi connectivity index (χ1n) is 8.78. The molecule has 6 nitrogen and oxygen atoms in total. The lowest BCUT2D eigenvalue weighted by molar-refractivity contribution is -0.126. The minimum atomic E-state index is -3.43. The van der Waals surface area contributed by atoms with Gasteiger partial charge in [0.05, 0.1) is 5.92 Å². The van der Waals surface area contributed by atoms with Crippen LogP contribution in [0.1, 0.15) is 52.4 Å². The Morgan fingerprint density at radius 1 is 1.35 bits per heavy atom. The second-order valence-corrected chi connectivity index (χ2v) is 8.79.